The number of hydrogen-bond acceptors (Lipinski definition) is 5. The number of likely N-dealkylation sites (N-methyl/N-ethyl adjacent to an activating group) is 1. The molecular weight excluding hydrogens is 1030 g/mol. The van der Waals surface area contributed by atoms with Crippen molar-refractivity contribution >= 4 is 303 Å². The number of nitrogens with one attached hydrogen (secondary N) is 1. The van der Waals surface area contributed by atoms with Gasteiger partial charge in [0.2, 0.25) is 0 Å². The molecule has 1 unspecified atom stereocenters. The molecule has 1 N–H and O–H groups in total. The van der Waals surface area contributed by atoms with Crippen LogP contribution in [0.5, 0.6) is 0 Å². The Morgan fingerprint density at radius 1 is 0.407 bits per heavy atom. The third-order valence-corrected chi connectivity index (χ3v) is 27.3. The van der Waals surface area contributed by atoms with Gasteiger partial charge in [0, 0.05) is 12.7 Å². The van der Waals surface area contributed by atoms with Gasteiger partial charge in [-0.2, -0.15) is 5.10 Å². The number of hydrogen-bond donors (Lipinski definition) is 1. The maximum Gasteiger partial charge on any atom is 2.00 e. The van der Waals surface area contributed by atoms with Crippen LogP contribution < -0.4 is 5.43 Å². The van der Waals surface area contributed by atoms with Gasteiger partial charge in [0.25, 0.3) is 0 Å². The molecular formula is C75H17FeN5+2. The summed E-state index contributed by atoms with van der Waals surface area (Å²) in [6.45, 7) is 4.40. The molecule has 0 bridgehead atoms. The minimum atomic E-state index is -0.455. The molecule has 28 aromatic carbocycles. The molecule has 1 saturated heterocycles. The van der Waals surface area contributed by atoms with Gasteiger partial charge >= 0.3 is 17.1 Å². The Balaban J connectivity index is 0.00000376. The predicted octanol–water partition coefficient (Wildman–Crippen LogP) is 18.6. The molecule has 2 spiro atoms. The van der Waals surface area contributed by atoms with Crippen molar-refractivity contribution in [1.82, 2.24) is 14.9 Å². The first-order valence-electron chi connectivity index (χ1n) is 29.5. The van der Waals surface area contributed by atoms with E-state index in [0.717, 1.165) is 24.6 Å². The quantitative estimate of drug-likeness (QED) is 0.0808. The van der Waals surface area contributed by atoms with Gasteiger partial charge in [0.1, 0.15) is 5.82 Å². The topological polar surface area (TPSA) is 53.4 Å². The van der Waals surface area contributed by atoms with Crippen LogP contribution in [0.1, 0.15) is 46.6 Å². The van der Waals surface area contributed by atoms with Gasteiger partial charge in [-0.1, -0.05) is 19.1 Å². The zero-order chi connectivity index (χ0) is 48.3. The van der Waals surface area contributed by atoms with Crippen molar-refractivity contribution in [2.45, 2.75) is 23.8 Å². The van der Waals surface area contributed by atoms with Crippen LogP contribution in [0.4, 0.5) is 5.82 Å². The molecule has 6 heteroatoms. The summed E-state index contributed by atoms with van der Waals surface area (Å²) in [5.41, 5.74) is 11.3. The SMILES string of the molecule is CCN1CC23c4c5c6c7c8c9c(c%10c%11c2c2c4c4c%12c5c5c6c6c8c8c%13c9c9c%10c%10c%11c%11c2c2c4c4c%12c%12c5c5c6c8c6c8c%13c9c9c%10c%10c%11c2c2c4c4c%12c5c6c5c8c9c%10c2c45)C73C1c1cccc(/C=N/Nc2ccccn2)n1.[Fe+2]. The van der Waals surface area contributed by atoms with E-state index in [4.69, 9.17) is 10.1 Å². The summed E-state index contributed by atoms with van der Waals surface area (Å²) in [7, 11) is 0. The van der Waals surface area contributed by atoms with Gasteiger partial charge in [-0.25, -0.2) is 4.98 Å². The van der Waals surface area contributed by atoms with Crippen molar-refractivity contribution in [3.05, 3.63) is 76.2 Å². The number of anilines is 1. The van der Waals surface area contributed by atoms with Gasteiger partial charge in [-0.15, -0.1) is 0 Å². The second-order valence-electron chi connectivity index (χ2n) is 28.0. The first-order valence-corrected chi connectivity index (χ1v) is 29.5. The zero-order valence-electron chi connectivity index (χ0n) is 41.8. The molecule has 35 rings (SSSR count). The van der Waals surface area contributed by atoms with Crippen LogP contribution in [-0.4, -0.2) is 34.2 Å². The van der Waals surface area contributed by atoms with E-state index in [9.17, 15) is 0 Å². The third kappa shape index (κ3) is 2.00. The average Bonchev–Trinajstić information content (AvgIpc) is 1.50. The van der Waals surface area contributed by atoms with E-state index in [2.05, 4.69) is 40.4 Å². The van der Waals surface area contributed by atoms with E-state index in [0.29, 0.717) is 0 Å². The van der Waals surface area contributed by atoms with Gasteiger partial charge in [-0.05, 0) is 344 Å². The molecule has 348 valence electrons. The van der Waals surface area contributed by atoms with Crippen LogP contribution in [0.3, 0.4) is 0 Å². The first-order chi connectivity index (χ1) is 39.8. The molecule has 81 heavy (non-hydrogen) atoms. The summed E-state index contributed by atoms with van der Waals surface area (Å²) in [5.74, 6) is 0.730. The number of pyridine rings is 2. The van der Waals surface area contributed by atoms with E-state index in [1.807, 2.05) is 30.6 Å². The third-order valence-electron chi connectivity index (χ3n) is 27.3. The van der Waals surface area contributed by atoms with Crippen LogP contribution in [0, 0.1) is 0 Å². The van der Waals surface area contributed by atoms with E-state index in [-0.39, 0.29) is 28.5 Å². The smallest absolute Gasteiger partial charge is 0.293 e. The van der Waals surface area contributed by atoms with Crippen molar-refractivity contribution in [1.29, 1.82) is 0 Å². The van der Waals surface area contributed by atoms with Gasteiger partial charge < -0.3 is 0 Å². The number of aromatic nitrogens is 2. The number of hydrazone groups is 1. The summed E-state index contributed by atoms with van der Waals surface area (Å²) in [6, 6.07) is 12.8. The molecule has 30 aromatic rings. The molecule has 3 heterocycles. The summed E-state index contributed by atoms with van der Waals surface area (Å²) < 4.78 is 0. The Labute approximate surface area is 455 Å². The second-order valence-corrected chi connectivity index (χ2v) is 28.0. The Hall–Kier alpha value is -9.29. The Kier molecular flexibility index (Phi) is 3.34. The van der Waals surface area contributed by atoms with Crippen molar-refractivity contribution < 1.29 is 17.1 Å². The molecule has 1 fully saturated rings. The Bertz CT molecular complexity index is 7770. The maximum atomic E-state index is 5.94. The predicted molar refractivity (Wildman–Crippen MR) is 334 cm³/mol. The summed E-state index contributed by atoms with van der Waals surface area (Å²) >= 11 is 0. The Morgan fingerprint density at radius 3 is 1.01 bits per heavy atom. The Morgan fingerprint density at radius 2 is 0.716 bits per heavy atom. The second kappa shape index (κ2) is 8.12. The first kappa shape index (κ1) is 33.3. The molecule has 5 aliphatic rings. The summed E-state index contributed by atoms with van der Waals surface area (Å²) in [6.07, 6.45) is 3.75. The van der Waals surface area contributed by atoms with E-state index in [1.54, 1.807) is 313 Å². The summed E-state index contributed by atoms with van der Waals surface area (Å²) in [5, 5.41) is 93.5. The fourth-order valence-electron chi connectivity index (χ4n) is 26.9. The molecule has 1 aliphatic heterocycles. The fourth-order valence-corrected chi connectivity index (χ4v) is 26.9. The zero-order valence-corrected chi connectivity index (χ0v) is 42.9. The van der Waals surface area contributed by atoms with Crippen molar-refractivity contribution in [3.63, 3.8) is 0 Å². The number of benzene rings is 18. The van der Waals surface area contributed by atoms with Crippen molar-refractivity contribution in [3.8, 4) is 0 Å². The molecule has 0 radical (unpaired) electrons. The molecule has 0 saturated carbocycles. The summed E-state index contributed by atoms with van der Waals surface area (Å²) in [4.78, 5) is 13.5. The van der Waals surface area contributed by atoms with Gasteiger partial charge in [-0.3, -0.25) is 15.3 Å². The maximum absolute atomic E-state index is 5.94. The van der Waals surface area contributed by atoms with E-state index < -0.39 is 5.41 Å². The van der Waals surface area contributed by atoms with E-state index >= 15 is 0 Å². The van der Waals surface area contributed by atoms with Crippen molar-refractivity contribution in [2.24, 2.45) is 5.10 Å². The van der Waals surface area contributed by atoms with Crippen LogP contribution in [0.2, 0.25) is 0 Å². The van der Waals surface area contributed by atoms with E-state index in [1.165, 1.54) is 5.69 Å². The number of likely N-dealkylation sites (tertiary alicyclic amines) is 1. The number of nitrogens with zero attached hydrogens (tertiary/aromatic N) is 4. The average molecular weight is 1040 g/mol. The van der Waals surface area contributed by atoms with Gasteiger partial charge in [0.05, 0.1) is 34.5 Å². The molecule has 0 amide bonds. The largest absolute Gasteiger partial charge is 2.00 e. The standard InChI is InChI=1S/C75H17N5.Fe/c1-2-80-11-74-69-61-53-43-33-25-17-15-16-19-23-21(17)29-37-31(23)41-35-27(19)28-20(16)24-22-18(15)26(25)34-40-30(22)38-32(24)42-36(28)46-45(35)57-51(41)59-49(37)55(47(53)39(29)33)63(69)65(59)71-67(57)68-58(46)52(42)60-50(38)56-48(40)54(44(34)43)62(61)70(74)64(56)66(60)72(68)75(71,74)73(80)13-7-5-6-12(78-13)10-77-79-14-8-3-4-9-76-14;/h3-10,73H,2,11H2,1H3,(H,76,79);/q;+2/b77-10+;. The van der Waals surface area contributed by atoms with Crippen LogP contribution in [-0.2, 0) is 27.9 Å². The van der Waals surface area contributed by atoms with Gasteiger partial charge in [0.15, 0.2) is 0 Å². The molecule has 4 aliphatic carbocycles. The number of rotatable bonds is 5. The van der Waals surface area contributed by atoms with Crippen molar-refractivity contribution in [2.75, 3.05) is 18.5 Å². The van der Waals surface area contributed by atoms with Crippen LogP contribution in [0.25, 0.3) is 291 Å². The van der Waals surface area contributed by atoms with Crippen LogP contribution in [0.15, 0.2) is 47.7 Å². The minimum absolute atomic E-state index is 0. The van der Waals surface area contributed by atoms with Crippen LogP contribution >= 0.6 is 0 Å². The fraction of sp³-hybridized carbons (Fsp3) is 0.0800. The monoisotopic (exact) mass is 1040 g/mol. The minimum Gasteiger partial charge on any atom is -0.293 e. The molecule has 2 aromatic heterocycles. The molecule has 5 nitrogen and oxygen atoms in total. The normalized spacial score (nSPS) is 22.2. The molecule has 1 atom stereocenters.